The highest BCUT2D eigenvalue weighted by atomic mass is 16.5. The second-order valence-electron chi connectivity index (χ2n) is 3.94. The zero-order valence-corrected chi connectivity index (χ0v) is 10.9. The monoisotopic (exact) mass is 260 g/mol. The summed E-state index contributed by atoms with van der Waals surface area (Å²) in [6.45, 7) is 1.78. The molecule has 0 aromatic heterocycles. The van der Waals surface area contributed by atoms with Gasteiger partial charge in [0.2, 0.25) is 5.91 Å². The zero-order valence-electron chi connectivity index (χ0n) is 10.9. The van der Waals surface area contributed by atoms with Gasteiger partial charge in [-0.05, 0) is 13.3 Å². The number of hydrogen-bond donors (Lipinski definition) is 2. The van der Waals surface area contributed by atoms with Crippen LogP contribution < -0.4 is 11.1 Å². The zero-order chi connectivity index (χ0) is 14.1. The molecular weight excluding hydrogens is 240 g/mol. The molecule has 0 saturated carbocycles. The fourth-order valence-corrected chi connectivity index (χ4v) is 1.21. The lowest BCUT2D eigenvalue weighted by atomic mass is 10.1. The Kier molecular flexibility index (Phi) is 7.69. The number of hydrogen-bond acceptors (Lipinski definition) is 6. The molecule has 0 bridgehead atoms. The Labute approximate surface area is 106 Å². The van der Waals surface area contributed by atoms with E-state index < -0.39 is 18.0 Å². The van der Waals surface area contributed by atoms with Crippen LogP contribution in [0.2, 0.25) is 0 Å². The molecule has 18 heavy (non-hydrogen) atoms. The number of nitrogens with one attached hydrogen (secondary N) is 1. The minimum Gasteiger partial charge on any atom is -0.469 e. The van der Waals surface area contributed by atoms with Crippen molar-refractivity contribution in [3.8, 4) is 0 Å². The first-order valence-electron chi connectivity index (χ1n) is 5.60. The molecule has 7 nitrogen and oxygen atoms in total. The van der Waals surface area contributed by atoms with Crippen LogP contribution in [0, 0.1) is 0 Å². The smallest absolute Gasteiger partial charge is 0.328 e. The van der Waals surface area contributed by atoms with E-state index in [0.29, 0.717) is 6.42 Å². The Hall–Kier alpha value is -1.63. The van der Waals surface area contributed by atoms with Gasteiger partial charge in [-0.25, -0.2) is 4.79 Å². The number of carbonyl (C=O) groups is 3. The van der Waals surface area contributed by atoms with Crippen molar-refractivity contribution in [2.75, 3.05) is 14.2 Å². The summed E-state index contributed by atoms with van der Waals surface area (Å²) in [6.07, 6.45) is 0.428. The van der Waals surface area contributed by atoms with Crippen molar-refractivity contribution in [1.29, 1.82) is 0 Å². The molecule has 0 aliphatic rings. The van der Waals surface area contributed by atoms with E-state index in [-0.39, 0.29) is 24.8 Å². The van der Waals surface area contributed by atoms with Gasteiger partial charge in [0.15, 0.2) is 0 Å². The van der Waals surface area contributed by atoms with Crippen LogP contribution in [-0.4, -0.2) is 44.1 Å². The summed E-state index contributed by atoms with van der Waals surface area (Å²) >= 11 is 0. The van der Waals surface area contributed by atoms with Gasteiger partial charge in [-0.1, -0.05) is 0 Å². The van der Waals surface area contributed by atoms with Gasteiger partial charge in [-0.2, -0.15) is 0 Å². The van der Waals surface area contributed by atoms with Crippen molar-refractivity contribution < 1.29 is 23.9 Å². The van der Waals surface area contributed by atoms with Crippen LogP contribution in [0.3, 0.4) is 0 Å². The topological polar surface area (TPSA) is 108 Å². The molecule has 0 saturated heterocycles. The van der Waals surface area contributed by atoms with Gasteiger partial charge in [0, 0.05) is 12.5 Å². The third-order valence-corrected chi connectivity index (χ3v) is 2.25. The van der Waals surface area contributed by atoms with E-state index in [4.69, 9.17) is 5.73 Å². The highest BCUT2D eigenvalue weighted by Crippen LogP contribution is 2.00. The third-order valence-electron chi connectivity index (χ3n) is 2.25. The number of ether oxygens (including phenoxy) is 2. The average Bonchev–Trinajstić information content (AvgIpc) is 2.34. The van der Waals surface area contributed by atoms with E-state index in [9.17, 15) is 14.4 Å². The van der Waals surface area contributed by atoms with Crippen LogP contribution in [-0.2, 0) is 23.9 Å². The first-order chi connectivity index (χ1) is 8.40. The van der Waals surface area contributed by atoms with Crippen molar-refractivity contribution in [2.24, 2.45) is 5.73 Å². The summed E-state index contributed by atoms with van der Waals surface area (Å²) in [6, 6.07) is -1.13. The van der Waals surface area contributed by atoms with E-state index in [1.807, 2.05) is 0 Å². The summed E-state index contributed by atoms with van der Waals surface area (Å²) in [5, 5.41) is 2.42. The summed E-state index contributed by atoms with van der Waals surface area (Å²) in [4.78, 5) is 34.0. The summed E-state index contributed by atoms with van der Waals surface area (Å²) in [7, 11) is 2.38. The highest BCUT2D eigenvalue weighted by Gasteiger charge is 2.24. The number of amides is 1. The lowest BCUT2D eigenvalue weighted by molar-refractivity contribution is -0.150. The number of methoxy groups -OCH3 is 2. The molecule has 3 N–H and O–H groups in total. The van der Waals surface area contributed by atoms with Crippen LogP contribution >= 0.6 is 0 Å². The second-order valence-corrected chi connectivity index (χ2v) is 3.94. The molecular formula is C11H20N2O5. The summed E-state index contributed by atoms with van der Waals surface area (Å²) in [5.74, 6) is -1.64. The van der Waals surface area contributed by atoms with E-state index in [0.717, 1.165) is 0 Å². The van der Waals surface area contributed by atoms with Crippen LogP contribution in [0.4, 0.5) is 0 Å². The maximum absolute atomic E-state index is 11.5. The van der Waals surface area contributed by atoms with Crippen LogP contribution in [0.1, 0.15) is 26.2 Å². The number of rotatable bonds is 7. The standard InChI is InChI=1S/C11H20N2O5/c1-7(12)4-5-9(14)13-8(11(16)18-3)6-10(15)17-2/h7-8H,4-6,12H2,1-3H3,(H,13,14). The van der Waals surface area contributed by atoms with Gasteiger partial charge >= 0.3 is 11.9 Å². The molecule has 7 heteroatoms. The van der Waals surface area contributed by atoms with Crippen molar-refractivity contribution in [1.82, 2.24) is 5.32 Å². The van der Waals surface area contributed by atoms with Crippen molar-refractivity contribution in [2.45, 2.75) is 38.3 Å². The fraction of sp³-hybridized carbons (Fsp3) is 0.727. The predicted octanol–water partition coefficient (Wildman–Crippen LogP) is -0.665. The summed E-state index contributed by atoms with van der Waals surface area (Å²) in [5.41, 5.74) is 5.51. The van der Waals surface area contributed by atoms with E-state index >= 15 is 0 Å². The molecule has 104 valence electrons. The van der Waals surface area contributed by atoms with Gasteiger partial charge < -0.3 is 20.5 Å². The normalized spacial score (nSPS) is 13.3. The van der Waals surface area contributed by atoms with E-state index in [2.05, 4.69) is 14.8 Å². The molecule has 0 aromatic carbocycles. The van der Waals surface area contributed by atoms with Crippen molar-refractivity contribution >= 4 is 17.8 Å². The molecule has 0 spiro atoms. The molecule has 0 aliphatic heterocycles. The fourth-order valence-electron chi connectivity index (χ4n) is 1.21. The van der Waals surface area contributed by atoms with Gasteiger partial charge in [-0.15, -0.1) is 0 Å². The molecule has 0 fully saturated rings. The first-order valence-corrected chi connectivity index (χ1v) is 5.60. The molecule has 0 radical (unpaired) electrons. The quantitative estimate of drug-likeness (QED) is 0.588. The minimum atomic E-state index is -1.02. The Morgan fingerprint density at radius 2 is 1.83 bits per heavy atom. The van der Waals surface area contributed by atoms with Crippen LogP contribution in [0.25, 0.3) is 0 Å². The third kappa shape index (κ3) is 6.85. The summed E-state index contributed by atoms with van der Waals surface area (Å²) < 4.78 is 8.94. The largest absolute Gasteiger partial charge is 0.469 e. The Morgan fingerprint density at radius 1 is 1.22 bits per heavy atom. The molecule has 1 amide bonds. The first kappa shape index (κ1) is 16.4. The Bertz CT molecular complexity index is 304. The van der Waals surface area contributed by atoms with Crippen LogP contribution in [0.5, 0.6) is 0 Å². The van der Waals surface area contributed by atoms with Crippen molar-refractivity contribution in [3.05, 3.63) is 0 Å². The molecule has 2 atom stereocenters. The van der Waals surface area contributed by atoms with Crippen LogP contribution in [0.15, 0.2) is 0 Å². The lowest BCUT2D eigenvalue weighted by Gasteiger charge is -2.15. The Morgan fingerprint density at radius 3 is 2.28 bits per heavy atom. The highest BCUT2D eigenvalue weighted by molar-refractivity contribution is 5.87. The molecule has 0 aliphatic carbocycles. The predicted molar refractivity (Wildman–Crippen MR) is 63.5 cm³/mol. The van der Waals surface area contributed by atoms with Crippen molar-refractivity contribution in [3.63, 3.8) is 0 Å². The molecule has 2 unspecified atom stereocenters. The number of carbonyl (C=O) groups excluding carboxylic acids is 3. The van der Waals surface area contributed by atoms with Gasteiger partial charge in [0.05, 0.1) is 20.6 Å². The van der Waals surface area contributed by atoms with E-state index in [1.165, 1.54) is 14.2 Å². The van der Waals surface area contributed by atoms with Gasteiger partial charge in [-0.3, -0.25) is 9.59 Å². The lowest BCUT2D eigenvalue weighted by Crippen LogP contribution is -2.43. The van der Waals surface area contributed by atoms with E-state index in [1.54, 1.807) is 6.92 Å². The molecule has 0 rings (SSSR count). The SMILES string of the molecule is COC(=O)CC(NC(=O)CCC(C)N)C(=O)OC. The number of nitrogens with two attached hydrogens (primary N) is 1. The maximum Gasteiger partial charge on any atom is 0.328 e. The van der Waals surface area contributed by atoms with Gasteiger partial charge in [0.25, 0.3) is 0 Å². The molecule has 0 heterocycles. The van der Waals surface area contributed by atoms with Gasteiger partial charge in [0.1, 0.15) is 6.04 Å². The molecule has 0 aromatic rings. The number of esters is 2. The Balaban J connectivity index is 4.35. The second kappa shape index (κ2) is 8.46. The minimum absolute atomic E-state index is 0.104. The maximum atomic E-state index is 11.5. The average molecular weight is 260 g/mol.